The first kappa shape index (κ1) is 15.8. The van der Waals surface area contributed by atoms with Crippen LogP contribution in [-0.4, -0.2) is 38.3 Å². The van der Waals surface area contributed by atoms with Crippen LogP contribution < -0.4 is 5.32 Å². The van der Waals surface area contributed by atoms with Gasteiger partial charge in [-0.2, -0.15) is 4.31 Å². The SMILES string of the molecule is CC(NC(=O)CN(C)S(=O)(=O)c1ccc(Cl)s1)C1CC1. The highest BCUT2D eigenvalue weighted by molar-refractivity contribution is 7.91. The third kappa shape index (κ3) is 3.72. The van der Waals surface area contributed by atoms with E-state index in [1.807, 2.05) is 6.92 Å². The molecule has 1 atom stereocenters. The van der Waals surface area contributed by atoms with Crippen molar-refractivity contribution in [3.63, 3.8) is 0 Å². The molecule has 0 aromatic carbocycles. The molecule has 8 heteroatoms. The Morgan fingerprint density at radius 2 is 2.20 bits per heavy atom. The van der Waals surface area contributed by atoms with Crippen LogP contribution in [0.1, 0.15) is 19.8 Å². The predicted molar refractivity (Wildman–Crippen MR) is 79.5 cm³/mol. The summed E-state index contributed by atoms with van der Waals surface area (Å²) in [5, 5.41) is 2.83. The van der Waals surface area contributed by atoms with E-state index in [-0.39, 0.29) is 22.7 Å². The zero-order valence-corrected chi connectivity index (χ0v) is 13.7. The summed E-state index contributed by atoms with van der Waals surface area (Å²) in [5.74, 6) is 0.259. The molecule has 1 fully saturated rings. The van der Waals surface area contributed by atoms with Crippen molar-refractivity contribution in [1.29, 1.82) is 0 Å². The van der Waals surface area contributed by atoms with Gasteiger partial charge < -0.3 is 5.32 Å². The summed E-state index contributed by atoms with van der Waals surface area (Å²) >= 11 is 6.73. The largest absolute Gasteiger partial charge is 0.352 e. The van der Waals surface area contributed by atoms with E-state index in [0.717, 1.165) is 28.5 Å². The van der Waals surface area contributed by atoms with Gasteiger partial charge in [0.2, 0.25) is 5.91 Å². The van der Waals surface area contributed by atoms with Crippen LogP contribution in [0, 0.1) is 5.92 Å². The molecule has 0 radical (unpaired) electrons. The minimum absolute atomic E-state index is 0.106. The highest BCUT2D eigenvalue weighted by Crippen LogP contribution is 2.32. The smallest absolute Gasteiger partial charge is 0.252 e. The molecular weight excluding hydrogens is 320 g/mol. The van der Waals surface area contributed by atoms with Crippen LogP contribution in [0.25, 0.3) is 0 Å². The lowest BCUT2D eigenvalue weighted by Gasteiger charge is -2.18. The molecular formula is C12H17ClN2O3S2. The molecule has 1 aromatic heterocycles. The van der Waals surface area contributed by atoms with Crippen LogP contribution >= 0.6 is 22.9 Å². The third-order valence-corrected chi connectivity index (χ3v) is 6.80. The average molecular weight is 337 g/mol. The maximum Gasteiger partial charge on any atom is 0.252 e. The van der Waals surface area contributed by atoms with Crippen molar-refractivity contribution < 1.29 is 13.2 Å². The lowest BCUT2D eigenvalue weighted by molar-refractivity contribution is -0.121. The molecule has 0 aliphatic heterocycles. The fourth-order valence-corrected chi connectivity index (χ4v) is 4.71. The summed E-state index contributed by atoms with van der Waals surface area (Å²) in [5.41, 5.74) is 0. The Morgan fingerprint density at radius 3 is 2.70 bits per heavy atom. The van der Waals surface area contributed by atoms with Crippen molar-refractivity contribution in [1.82, 2.24) is 9.62 Å². The second-order valence-electron chi connectivity index (χ2n) is 5.01. The van der Waals surface area contributed by atoms with E-state index < -0.39 is 10.0 Å². The third-order valence-electron chi connectivity index (χ3n) is 3.30. The highest BCUT2D eigenvalue weighted by Gasteiger charge is 2.30. The quantitative estimate of drug-likeness (QED) is 0.863. The van der Waals surface area contributed by atoms with E-state index >= 15 is 0 Å². The number of nitrogens with zero attached hydrogens (tertiary/aromatic N) is 1. The number of hydrogen-bond donors (Lipinski definition) is 1. The van der Waals surface area contributed by atoms with Gasteiger partial charge in [0.15, 0.2) is 0 Å². The van der Waals surface area contributed by atoms with Gasteiger partial charge in [-0.25, -0.2) is 8.42 Å². The van der Waals surface area contributed by atoms with Gasteiger partial charge in [0, 0.05) is 13.1 Å². The lowest BCUT2D eigenvalue weighted by atomic mass is 10.2. The summed E-state index contributed by atoms with van der Waals surface area (Å²) in [6.07, 6.45) is 2.26. The molecule has 0 bridgehead atoms. The number of likely N-dealkylation sites (N-methyl/N-ethyl adjacent to an activating group) is 1. The van der Waals surface area contributed by atoms with Gasteiger partial charge in [0.25, 0.3) is 10.0 Å². The highest BCUT2D eigenvalue weighted by atomic mass is 35.5. The van der Waals surface area contributed by atoms with E-state index in [1.54, 1.807) is 0 Å². The van der Waals surface area contributed by atoms with Gasteiger partial charge in [-0.05, 0) is 37.8 Å². The number of halogens is 1. The summed E-state index contributed by atoms with van der Waals surface area (Å²) in [6, 6.07) is 3.08. The molecule has 0 saturated heterocycles. The van der Waals surface area contributed by atoms with Crippen LogP contribution in [0.15, 0.2) is 16.3 Å². The predicted octanol–water partition coefficient (Wildman–Crippen LogP) is 1.94. The first-order chi connectivity index (χ1) is 9.30. The van der Waals surface area contributed by atoms with Crippen molar-refractivity contribution in [2.24, 2.45) is 5.92 Å². The maximum atomic E-state index is 12.2. The molecule has 5 nitrogen and oxygen atoms in total. The monoisotopic (exact) mass is 336 g/mol. The van der Waals surface area contributed by atoms with Gasteiger partial charge in [-0.3, -0.25) is 4.79 Å². The summed E-state index contributed by atoms with van der Waals surface area (Å²) < 4.78 is 26.0. The van der Waals surface area contributed by atoms with E-state index in [9.17, 15) is 13.2 Å². The first-order valence-corrected chi connectivity index (χ1v) is 8.95. The number of amides is 1. The van der Waals surface area contributed by atoms with Gasteiger partial charge >= 0.3 is 0 Å². The number of sulfonamides is 1. The average Bonchev–Trinajstić information content (AvgIpc) is 3.11. The van der Waals surface area contributed by atoms with E-state index in [2.05, 4.69) is 5.32 Å². The Bertz CT molecular complexity index is 596. The Morgan fingerprint density at radius 1 is 1.55 bits per heavy atom. The van der Waals surface area contributed by atoms with Crippen molar-refractivity contribution in [3.05, 3.63) is 16.5 Å². The zero-order valence-electron chi connectivity index (χ0n) is 11.3. The van der Waals surface area contributed by atoms with Gasteiger partial charge in [-0.1, -0.05) is 11.6 Å². The lowest BCUT2D eigenvalue weighted by Crippen LogP contribution is -2.42. The Labute approximate surface area is 128 Å². The van der Waals surface area contributed by atoms with Crippen molar-refractivity contribution in [2.45, 2.75) is 30.0 Å². The first-order valence-electron chi connectivity index (χ1n) is 6.31. The zero-order chi connectivity index (χ0) is 14.9. The van der Waals surface area contributed by atoms with E-state index in [0.29, 0.717) is 10.3 Å². The number of nitrogens with one attached hydrogen (secondary N) is 1. The van der Waals surface area contributed by atoms with Crippen molar-refractivity contribution >= 4 is 38.9 Å². The number of hydrogen-bond acceptors (Lipinski definition) is 4. The number of rotatable bonds is 6. The molecule has 1 N–H and O–H groups in total. The molecule has 1 heterocycles. The van der Waals surface area contributed by atoms with Crippen LogP contribution in [0.5, 0.6) is 0 Å². The number of carbonyl (C=O) groups is 1. The van der Waals surface area contributed by atoms with Crippen LogP contribution in [0.2, 0.25) is 4.34 Å². The van der Waals surface area contributed by atoms with Crippen molar-refractivity contribution in [3.8, 4) is 0 Å². The Kier molecular flexibility index (Phi) is 4.73. The molecule has 20 heavy (non-hydrogen) atoms. The molecule has 1 saturated carbocycles. The molecule has 1 aliphatic carbocycles. The topological polar surface area (TPSA) is 66.5 Å². The van der Waals surface area contributed by atoms with Crippen LogP contribution in [-0.2, 0) is 14.8 Å². The molecule has 1 amide bonds. The molecule has 0 spiro atoms. The van der Waals surface area contributed by atoms with Crippen molar-refractivity contribution in [2.75, 3.05) is 13.6 Å². The molecule has 112 valence electrons. The number of thiophene rings is 1. The van der Waals surface area contributed by atoms with Crippen LogP contribution in [0.4, 0.5) is 0 Å². The standard InChI is InChI=1S/C12H17ClN2O3S2/c1-8(9-3-4-9)14-11(16)7-15(2)20(17,18)12-6-5-10(13)19-12/h5-6,8-9H,3-4,7H2,1-2H3,(H,14,16). The minimum Gasteiger partial charge on any atom is -0.352 e. The summed E-state index contributed by atoms with van der Waals surface area (Å²) in [4.78, 5) is 11.8. The van der Waals surface area contributed by atoms with Gasteiger partial charge in [0.05, 0.1) is 10.9 Å². The maximum absolute atomic E-state index is 12.2. The van der Waals surface area contributed by atoms with Gasteiger partial charge in [-0.15, -0.1) is 11.3 Å². The fraction of sp³-hybridized carbons (Fsp3) is 0.583. The minimum atomic E-state index is -3.65. The van der Waals surface area contributed by atoms with Crippen LogP contribution in [0.3, 0.4) is 0 Å². The van der Waals surface area contributed by atoms with E-state index in [4.69, 9.17) is 11.6 Å². The normalized spacial score (nSPS) is 17.2. The summed E-state index contributed by atoms with van der Waals surface area (Å²) in [6.45, 7) is 1.76. The Hall–Kier alpha value is -0.630. The molecule has 1 unspecified atom stereocenters. The Balaban J connectivity index is 1.96. The molecule has 1 aliphatic rings. The van der Waals surface area contributed by atoms with E-state index in [1.165, 1.54) is 19.2 Å². The fourth-order valence-electron chi connectivity index (χ4n) is 1.89. The molecule has 1 aromatic rings. The second-order valence-corrected chi connectivity index (χ2v) is 9.00. The van der Waals surface area contributed by atoms with Gasteiger partial charge in [0.1, 0.15) is 4.21 Å². The number of carbonyl (C=O) groups excluding carboxylic acids is 1. The summed E-state index contributed by atoms with van der Waals surface area (Å²) in [7, 11) is -2.25. The molecule has 2 rings (SSSR count). The second kappa shape index (κ2) is 6.01.